The molecule has 0 aliphatic carbocycles. The molecule has 0 aromatic carbocycles. The molecule has 1 unspecified atom stereocenters. The van der Waals surface area contributed by atoms with Gasteiger partial charge in [0.05, 0.1) is 19.3 Å². The maximum atomic E-state index is 8.66. The van der Waals surface area contributed by atoms with Crippen molar-refractivity contribution in [2.75, 3.05) is 46.1 Å². The molecule has 16 heavy (non-hydrogen) atoms. The third kappa shape index (κ3) is 8.62. The Morgan fingerprint density at radius 2 is 1.69 bits per heavy atom. The molecule has 0 spiro atoms. The third-order valence-corrected chi connectivity index (χ3v) is 2.13. The van der Waals surface area contributed by atoms with Crippen LogP contribution in [0.1, 0.15) is 13.8 Å². The molecule has 0 fully saturated rings. The van der Waals surface area contributed by atoms with Crippen molar-refractivity contribution in [1.82, 2.24) is 4.90 Å². The first-order valence-corrected chi connectivity index (χ1v) is 5.77. The molecule has 0 saturated carbocycles. The van der Waals surface area contributed by atoms with E-state index >= 15 is 0 Å². The van der Waals surface area contributed by atoms with Gasteiger partial charge in [-0.2, -0.15) is 5.26 Å². The summed E-state index contributed by atoms with van der Waals surface area (Å²) in [6.45, 7) is 8.83. The highest BCUT2D eigenvalue weighted by Gasteiger charge is 2.09. The number of hydrogen-bond donors (Lipinski definition) is 1. The summed E-state index contributed by atoms with van der Waals surface area (Å²) in [5.74, 6) is 0. The molecule has 0 heterocycles. The Bertz CT molecular complexity index is 184. The van der Waals surface area contributed by atoms with Gasteiger partial charge in [0.25, 0.3) is 0 Å². The first-order valence-electron chi connectivity index (χ1n) is 5.77. The lowest BCUT2D eigenvalue weighted by Crippen LogP contribution is -2.40. The van der Waals surface area contributed by atoms with Gasteiger partial charge in [0, 0.05) is 32.8 Å². The van der Waals surface area contributed by atoms with Crippen LogP contribution in [0.2, 0.25) is 0 Å². The van der Waals surface area contributed by atoms with Crippen LogP contribution in [-0.2, 0) is 9.47 Å². The van der Waals surface area contributed by atoms with Crippen LogP contribution < -0.4 is 5.73 Å². The molecule has 0 aromatic rings. The van der Waals surface area contributed by atoms with Gasteiger partial charge in [0.1, 0.15) is 6.04 Å². The van der Waals surface area contributed by atoms with E-state index in [-0.39, 0.29) is 0 Å². The zero-order valence-corrected chi connectivity index (χ0v) is 10.3. The third-order valence-electron chi connectivity index (χ3n) is 2.13. The van der Waals surface area contributed by atoms with Crippen molar-refractivity contribution in [3.8, 4) is 6.07 Å². The first-order chi connectivity index (χ1) is 7.74. The topological polar surface area (TPSA) is 71.5 Å². The average molecular weight is 229 g/mol. The normalized spacial score (nSPS) is 12.7. The van der Waals surface area contributed by atoms with Crippen molar-refractivity contribution >= 4 is 0 Å². The smallest absolute Gasteiger partial charge is 0.106 e. The van der Waals surface area contributed by atoms with Crippen LogP contribution in [0.15, 0.2) is 0 Å². The second-order valence-electron chi connectivity index (χ2n) is 3.43. The molecule has 0 aliphatic heterocycles. The maximum Gasteiger partial charge on any atom is 0.106 e. The van der Waals surface area contributed by atoms with Gasteiger partial charge in [0.15, 0.2) is 0 Å². The van der Waals surface area contributed by atoms with Gasteiger partial charge < -0.3 is 15.2 Å². The molecule has 1 atom stereocenters. The van der Waals surface area contributed by atoms with Gasteiger partial charge >= 0.3 is 0 Å². The van der Waals surface area contributed by atoms with E-state index in [1.165, 1.54) is 0 Å². The summed E-state index contributed by atoms with van der Waals surface area (Å²) in [6.07, 6.45) is 0. The molecule has 0 bridgehead atoms. The maximum absolute atomic E-state index is 8.66. The lowest BCUT2D eigenvalue weighted by atomic mass is 10.3. The summed E-state index contributed by atoms with van der Waals surface area (Å²) >= 11 is 0. The minimum absolute atomic E-state index is 0.441. The zero-order chi connectivity index (χ0) is 12.2. The Labute approximate surface area is 98.1 Å². The minimum atomic E-state index is -0.441. The predicted molar refractivity (Wildman–Crippen MR) is 63.0 cm³/mol. The van der Waals surface area contributed by atoms with Crippen LogP contribution in [0.5, 0.6) is 0 Å². The molecule has 5 heteroatoms. The van der Waals surface area contributed by atoms with Crippen LogP contribution in [0, 0.1) is 11.3 Å². The summed E-state index contributed by atoms with van der Waals surface area (Å²) in [5, 5.41) is 8.66. The van der Waals surface area contributed by atoms with Crippen molar-refractivity contribution in [3.05, 3.63) is 0 Å². The van der Waals surface area contributed by atoms with E-state index in [0.717, 1.165) is 13.1 Å². The van der Waals surface area contributed by atoms with E-state index in [1.807, 2.05) is 19.9 Å². The first kappa shape index (κ1) is 15.3. The highest BCUT2D eigenvalue weighted by atomic mass is 16.5. The Morgan fingerprint density at radius 1 is 1.19 bits per heavy atom. The predicted octanol–water partition coefficient (Wildman–Crippen LogP) is 0.212. The van der Waals surface area contributed by atoms with Gasteiger partial charge in [-0.1, -0.05) is 0 Å². The molecule has 0 amide bonds. The Balaban J connectivity index is 3.81. The van der Waals surface area contributed by atoms with Crippen LogP contribution in [0.25, 0.3) is 0 Å². The molecule has 0 aliphatic rings. The quantitative estimate of drug-likeness (QED) is 0.542. The second kappa shape index (κ2) is 10.8. The van der Waals surface area contributed by atoms with Gasteiger partial charge in [-0.25, -0.2) is 0 Å². The number of nitrogens with two attached hydrogens (primary N) is 1. The number of ether oxygens (including phenoxy) is 2. The average Bonchev–Trinajstić information content (AvgIpc) is 2.29. The lowest BCUT2D eigenvalue weighted by Gasteiger charge is -2.22. The molecule has 0 radical (unpaired) electrons. The molecule has 0 rings (SSSR count). The number of hydrogen-bond acceptors (Lipinski definition) is 5. The van der Waals surface area contributed by atoms with Crippen molar-refractivity contribution < 1.29 is 9.47 Å². The summed E-state index contributed by atoms with van der Waals surface area (Å²) < 4.78 is 10.6. The molecule has 94 valence electrons. The van der Waals surface area contributed by atoms with Crippen molar-refractivity contribution in [2.24, 2.45) is 5.73 Å². The molecular weight excluding hydrogens is 206 g/mol. The van der Waals surface area contributed by atoms with Gasteiger partial charge in [0.2, 0.25) is 0 Å². The van der Waals surface area contributed by atoms with Crippen molar-refractivity contribution in [3.63, 3.8) is 0 Å². The van der Waals surface area contributed by atoms with E-state index in [9.17, 15) is 0 Å². The van der Waals surface area contributed by atoms with Gasteiger partial charge in [-0.3, -0.25) is 4.90 Å². The van der Waals surface area contributed by atoms with Crippen molar-refractivity contribution in [1.29, 1.82) is 5.26 Å². The fraction of sp³-hybridized carbons (Fsp3) is 0.909. The number of nitriles is 1. The van der Waals surface area contributed by atoms with E-state index < -0.39 is 6.04 Å². The Kier molecular flexibility index (Phi) is 10.4. The lowest BCUT2D eigenvalue weighted by molar-refractivity contribution is 0.0822. The largest absolute Gasteiger partial charge is 0.380 e. The highest BCUT2D eigenvalue weighted by Crippen LogP contribution is 1.92. The molecule has 0 aromatic heterocycles. The van der Waals surface area contributed by atoms with Gasteiger partial charge in [-0.05, 0) is 13.8 Å². The van der Waals surface area contributed by atoms with E-state index in [4.69, 9.17) is 20.5 Å². The highest BCUT2D eigenvalue weighted by molar-refractivity contribution is 4.88. The molecule has 0 saturated heterocycles. The summed E-state index contributed by atoms with van der Waals surface area (Å²) in [5.41, 5.74) is 5.60. The van der Waals surface area contributed by atoms with Crippen LogP contribution in [0.3, 0.4) is 0 Å². The fourth-order valence-corrected chi connectivity index (χ4v) is 1.29. The molecular formula is C11H23N3O2. The monoisotopic (exact) mass is 229 g/mol. The second-order valence-corrected chi connectivity index (χ2v) is 3.43. The summed E-state index contributed by atoms with van der Waals surface area (Å²) in [6, 6.07) is 1.59. The SMILES string of the molecule is CCOCCN(CCOCC)CC(N)C#N. The number of rotatable bonds is 10. The van der Waals surface area contributed by atoms with Crippen molar-refractivity contribution in [2.45, 2.75) is 19.9 Å². The van der Waals surface area contributed by atoms with E-state index in [1.54, 1.807) is 0 Å². The van der Waals surface area contributed by atoms with Crippen LogP contribution >= 0.6 is 0 Å². The standard InChI is InChI=1S/C11H23N3O2/c1-3-15-7-5-14(6-8-16-4-2)10-11(13)9-12/h11H,3-8,10,13H2,1-2H3. The molecule has 2 N–H and O–H groups in total. The van der Waals surface area contributed by atoms with E-state index in [0.29, 0.717) is 33.0 Å². The van der Waals surface area contributed by atoms with Crippen LogP contribution in [-0.4, -0.2) is 57.0 Å². The van der Waals surface area contributed by atoms with Crippen LogP contribution in [0.4, 0.5) is 0 Å². The Hall–Kier alpha value is -0.670. The number of nitrogens with zero attached hydrogens (tertiary/aromatic N) is 2. The molecule has 5 nitrogen and oxygen atoms in total. The zero-order valence-electron chi connectivity index (χ0n) is 10.3. The van der Waals surface area contributed by atoms with E-state index in [2.05, 4.69) is 4.90 Å². The summed E-state index contributed by atoms with van der Waals surface area (Å²) in [4.78, 5) is 2.10. The summed E-state index contributed by atoms with van der Waals surface area (Å²) in [7, 11) is 0. The fourth-order valence-electron chi connectivity index (χ4n) is 1.29. The van der Waals surface area contributed by atoms with Gasteiger partial charge in [-0.15, -0.1) is 0 Å². The minimum Gasteiger partial charge on any atom is -0.380 e. The Morgan fingerprint density at radius 3 is 2.06 bits per heavy atom.